The maximum Gasteiger partial charge on any atom is 0.258 e. The topological polar surface area (TPSA) is 38.3 Å². The van der Waals surface area contributed by atoms with Crippen molar-refractivity contribution < 1.29 is 9.53 Å². The second kappa shape index (κ2) is 7.32. The number of hydrogen-bond donors (Lipinski definition) is 1. The summed E-state index contributed by atoms with van der Waals surface area (Å²) in [6, 6.07) is 12.0. The van der Waals surface area contributed by atoms with E-state index < -0.39 is 0 Å². The minimum atomic E-state index is -0.114. The van der Waals surface area contributed by atoms with Crippen LogP contribution >= 0.6 is 0 Å². The highest BCUT2D eigenvalue weighted by Gasteiger charge is 2.13. The number of carbonyl (C=O) groups is 1. The number of ether oxygens (including phenoxy) is 1. The number of hydrogen-bond acceptors (Lipinski definition) is 2. The standard InChI is InChI=1S/C20H25NO2/c1-13-7-6-8-18(9-13)23-12-20(22)21-17(5)19-11-15(3)14(2)10-16(19)4/h6-11,17H,12H2,1-5H3,(H,21,22)/t17-/m1/s1. The SMILES string of the molecule is Cc1cccc(OCC(=O)N[C@H](C)c2cc(C)c(C)cc2C)c1. The Labute approximate surface area is 138 Å². The van der Waals surface area contributed by atoms with Gasteiger partial charge in [0.1, 0.15) is 5.75 Å². The third-order valence-electron chi connectivity index (χ3n) is 4.09. The van der Waals surface area contributed by atoms with Gasteiger partial charge in [-0.25, -0.2) is 0 Å². The molecule has 2 aromatic rings. The lowest BCUT2D eigenvalue weighted by Gasteiger charge is -2.18. The van der Waals surface area contributed by atoms with Gasteiger partial charge in [-0.2, -0.15) is 0 Å². The molecule has 0 unspecified atom stereocenters. The molecule has 1 N–H and O–H groups in total. The van der Waals surface area contributed by atoms with Crippen molar-refractivity contribution in [3.63, 3.8) is 0 Å². The zero-order valence-corrected chi connectivity index (χ0v) is 14.6. The van der Waals surface area contributed by atoms with E-state index in [9.17, 15) is 4.79 Å². The van der Waals surface area contributed by atoms with E-state index in [2.05, 4.69) is 38.2 Å². The van der Waals surface area contributed by atoms with Gasteiger partial charge in [0.25, 0.3) is 5.91 Å². The molecule has 1 amide bonds. The highest BCUT2D eigenvalue weighted by molar-refractivity contribution is 5.78. The van der Waals surface area contributed by atoms with Crippen LogP contribution in [0.15, 0.2) is 36.4 Å². The summed E-state index contributed by atoms with van der Waals surface area (Å²) in [6.07, 6.45) is 0. The lowest BCUT2D eigenvalue weighted by Crippen LogP contribution is -2.31. The van der Waals surface area contributed by atoms with E-state index in [1.807, 2.05) is 38.1 Å². The van der Waals surface area contributed by atoms with Crippen LogP contribution in [-0.2, 0) is 4.79 Å². The molecule has 0 bridgehead atoms. The van der Waals surface area contributed by atoms with Gasteiger partial charge in [0, 0.05) is 0 Å². The van der Waals surface area contributed by atoms with Crippen LogP contribution in [0.2, 0.25) is 0 Å². The van der Waals surface area contributed by atoms with Crippen molar-refractivity contribution in [2.75, 3.05) is 6.61 Å². The Kier molecular flexibility index (Phi) is 5.43. The fourth-order valence-electron chi connectivity index (χ4n) is 2.66. The first kappa shape index (κ1) is 17.1. The van der Waals surface area contributed by atoms with Crippen LogP contribution in [0.5, 0.6) is 5.75 Å². The molecule has 0 aliphatic carbocycles. The molecule has 122 valence electrons. The molecular formula is C20H25NO2. The molecule has 0 heterocycles. The molecule has 0 radical (unpaired) electrons. The number of aryl methyl sites for hydroxylation is 4. The first-order chi connectivity index (χ1) is 10.9. The molecule has 0 aliphatic rings. The molecule has 23 heavy (non-hydrogen) atoms. The molecule has 0 aliphatic heterocycles. The first-order valence-corrected chi connectivity index (χ1v) is 7.93. The first-order valence-electron chi connectivity index (χ1n) is 7.93. The maximum absolute atomic E-state index is 12.1. The van der Waals surface area contributed by atoms with Crippen molar-refractivity contribution in [1.82, 2.24) is 5.32 Å². The molecule has 0 saturated carbocycles. The van der Waals surface area contributed by atoms with Crippen molar-refractivity contribution in [2.24, 2.45) is 0 Å². The van der Waals surface area contributed by atoms with Crippen LogP contribution < -0.4 is 10.1 Å². The zero-order chi connectivity index (χ0) is 17.0. The Morgan fingerprint density at radius 1 is 1.04 bits per heavy atom. The predicted molar refractivity (Wildman–Crippen MR) is 93.9 cm³/mol. The van der Waals surface area contributed by atoms with E-state index in [0.29, 0.717) is 0 Å². The molecular weight excluding hydrogens is 286 g/mol. The normalized spacial score (nSPS) is 11.9. The largest absolute Gasteiger partial charge is 0.484 e. The van der Waals surface area contributed by atoms with Gasteiger partial charge in [-0.1, -0.05) is 24.3 Å². The third-order valence-corrected chi connectivity index (χ3v) is 4.09. The Morgan fingerprint density at radius 2 is 1.74 bits per heavy atom. The average Bonchev–Trinajstić information content (AvgIpc) is 2.49. The van der Waals surface area contributed by atoms with Crippen molar-refractivity contribution in [2.45, 2.75) is 40.7 Å². The van der Waals surface area contributed by atoms with Crippen molar-refractivity contribution in [1.29, 1.82) is 0 Å². The smallest absolute Gasteiger partial charge is 0.258 e. The molecule has 0 saturated heterocycles. The highest BCUT2D eigenvalue weighted by Crippen LogP contribution is 2.21. The van der Waals surface area contributed by atoms with Crippen molar-refractivity contribution in [3.8, 4) is 5.75 Å². The van der Waals surface area contributed by atoms with Gasteiger partial charge >= 0.3 is 0 Å². The average molecular weight is 311 g/mol. The predicted octanol–water partition coefficient (Wildman–Crippen LogP) is 4.18. The molecule has 3 nitrogen and oxygen atoms in total. The fraction of sp³-hybridized carbons (Fsp3) is 0.350. The van der Waals surface area contributed by atoms with Gasteiger partial charge < -0.3 is 10.1 Å². The van der Waals surface area contributed by atoms with E-state index in [1.54, 1.807) is 0 Å². The summed E-state index contributed by atoms with van der Waals surface area (Å²) in [5.41, 5.74) is 5.97. The van der Waals surface area contributed by atoms with Gasteiger partial charge in [-0.05, 0) is 74.6 Å². The summed E-state index contributed by atoms with van der Waals surface area (Å²) in [5, 5.41) is 3.00. The summed E-state index contributed by atoms with van der Waals surface area (Å²) in [7, 11) is 0. The molecule has 3 heteroatoms. The molecule has 2 aromatic carbocycles. The Bertz CT molecular complexity index is 707. The number of carbonyl (C=O) groups excluding carboxylic acids is 1. The van der Waals surface area contributed by atoms with Crippen LogP contribution in [0.1, 0.15) is 40.8 Å². The van der Waals surface area contributed by atoms with Gasteiger partial charge in [-0.15, -0.1) is 0 Å². The van der Waals surface area contributed by atoms with E-state index in [4.69, 9.17) is 4.74 Å². The van der Waals surface area contributed by atoms with Gasteiger partial charge in [0.15, 0.2) is 6.61 Å². The fourth-order valence-corrected chi connectivity index (χ4v) is 2.66. The molecule has 1 atom stereocenters. The van der Waals surface area contributed by atoms with Crippen LogP contribution in [0.3, 0.4) is 0 Å². The van der Waals surface area contributed by atoms with Crippen LogP contribution in [0, 0.1) is 27.7 Å². The quantitative estimate of drug-likeness (QED) is 0.899. The summed E-state index contributed by atoms with van der Waals surface area (Å²) in [5.74, 6) is 0.604. The number of benzene rings is 2. The van der Waals surface area contributed by atoms with Gasteiger partial charge in [-0.3, -0.25) is 4.79 Å². The molecule has 0 aromatic heterocycles. The summed E-state index contributed by atoms with van der Waals surface area (Å²) in [4.78, 5) is 12.1. The number of rotatable bonds is 5. The molecule has 2 rings (SSSR count). The number of amides is 1. The van der Waals surface area contributed by atoms with E-state index in [0.717, 1.165) is 16.9 Å². The summed E-state index contributed by atoms with van der Waals surface area (Å²) >= 11 is 0. The maximum atomic E-state index is 12.1. The number of nitrogens with one attached hydrogen (secondary N) is 1. The minimum absolute atomic E-state index is 0.0255. The Morgan fingerprint density at radius 3 is 2.43 bits per heavy atom. The monoisotopic (exact) mass is 311 g/mol. The van der Waals surface area contributed by atoms with Crippen molar-refractivity contribution in [3.05, 3.63) is 64.2 Å². The van der Waals surface area contributed by atoms with E-state index >= 15 is 0 Å². The lowest BCUT2D eigenvalue weighted by molar-refractivity contribution is -0.123. The van der Waals surface area contributed by atoms with E-state index in [1.165, 1.54) is 16.7 Å². The van der Waals surface area contributed by atoms with Crippen LogP contribution in [-0.4, -0.2) is 12.5 Å². The third kappa shape index (κ3) is 4.59. The summed E-state index contributed by atoms with van der Waals surface area (Å²) < 4.78 is 5.55. The van der Waals surface area contributed by atoms with Gasteiger partial charge in [0.05, 0.1) is 6.04 Å². The van der Waals surface area contributed by atoms with E-state index in [-0.39, 0.29) is 18.6 Å². The second-order valence-corrected chi connectivity index (χ2v) is 6.19. The highest BCUT2D eigenvalue weighted by atomic mass is 16.5. The van der Waals surface area contributed by atoms with Crippen molar-refractivity contribution >= 4 is 5.91 Å². The molecule has 0 spiro atoms. The second-order valence-electron chi connectivity index (χ2n) is 6.19. The van der Waals surface area contributed by atoms with Crippen LogP contribution in [0.25, 0.3) is 0 Å². The Hall–Kier alpha value is -2.29. The molecule has 0 fully saturated rings. The Balaban J connectivity index is 1.96. The van der Waals surface area contributed by atoms with Gasteiger partial charge in [0.2, 0.25) is 0 Å². The lowest BCUT2D eigenvalue weighted by atomic mass is 9.96. The minimum Gasteiger partial charge on any atom is -0.484 e. The zero-order valence-electron chi connectivity index (χ0n) is 14.6. The van der Waals surface area contributed by atoms with Crippen LogP contribution in [0.4, 0.5) is 0 Å². The summed E-state index contributed by atoms with van der Waals surface area (Å²) in [6.45, 7) is 10.3.